The normalized spacial score (nSPS) is 18.0. The predicted octanol–water partition coefficient (Wildman–Crippen LogP) is 2.66. The van der Waals surface area contributed by atoms with Crippen molar-refractivity contribution in [1.82, 2.24) is 9.62 Å². The minimum absolute atomic E-state index is 0.0325. The maximum Gasteiger partial charge on any atom is 0.243 e. The first-order valence-electron chi connectivity index (χ1n) is 10.7. The summed E-state index contributed by atoms with van der Waals surface area (Å²) in [6.45, 7) is 2.15. The summed E-state index contributed by atoms with van der Waals surface area (Å²) in [5.41, 5.74) is 2.15. The SMILES string of the molecule is COc1ccc(S(=O)(=O)N2CCOCC2)cc1CCC(=O)NCCC1=CCCCC1. The van der Waals surface area contributed by atoms with Gasteiger partial charge in [-0.05, 0) is 62.3 Å². The van der Waals surface area contributed by atoms with Gasteiger partial charge in [0.2, 0.25) is 15.9 Å². The van der Waals surface area contributed by atoms with Crippen molar-refractivity contribution in [2.24, 2.45) is 0 Å². The largest absolute Gasteiger partial charge is 0.496 e. The summed E-state index contributed by atoms with van der Waals surface area (Å²) in [5.74, 6) is 0.561. The van der Waals surface area contributed by atoms with Crippen molar-refractivity contribution in [1.29, 1.82) is 0 Å². The van der Waals surface area contributed by atoms with Crippen LogP contribution in [-0.2, 0) is 26.0 Å². The van der Waals surface area contributed by atoms with E-state index in [-0.39, 0.29) is 17.2 Å². The standard InChI is InChI=1S/C22H32N2O5S/c1-28-21-9-8-20(30(26,27)24-13-15-29-16-14-24)17-19(21)7-10-22(25)23-12-11-18-5-3-2-4-6-18/h5,8-9,17H,2-4,6-7,10-16H2,1H3,(H,23,25). The van der Waals surface area contributed by atoms with Crippen LogP contribution in [0.2, 0.25) is 0 Å². The number of nitrogens with zero attached hydrogens (tertiary/aromatic N) is 1. The maximum absolute atomic E-state index is 12.9. The zero-order valence-electron chi connectivity index (χ0n) is 17.7. The third-order valence-electron chi connectivity index (χ3n) is 5.63. The first kappa shape index (κ1) is 22.8. The Morgan fingerprint density at radius 2 is 2.00 bits per heavy atom. The molecule has 3 rings (SSSR count). The van der Waals surface area contributed by atoms with Crippen molar-refractivity contribution in [3.63, 3.8) is 0 Å². The average molecular weight is 437 g/mol. The molecule has 0 saturated carbocycles. The third kappa shape index (κ3) is 6.06. The minimum Gasteiger partial charge on any atom is -0.496 e. The van der Waals surface area contributed by atoms with E-state index in [1.807, 2.05) is 0 Å². The van der Waals surface area contributed by atoms with Crippen LogP contribution in [0.3, 0.4) is 0 Å². The number of hydrogen-bond acceptors (Lipinski definition) is 5. The fraction of sp³-hybridized carbons (Fsp3) is 0.591. The van der Waals surface area contributed by atoms with Crippen LogP contribution in [0.5, 0.6) is 5.75 Å². The highest BCUT2D eigenvalue weighted by Crippen LogP contribution is 2.26. The van der Waals surface area contributed by atoms with Gasteiger partial charge in [0.25, 0.3) is 0 Å². The quantitative estimate of drug-likeness (QED) is 0.602. The van der Waals surface area contributed by atoms with Gasteiger partial charge in [0.1, 0.15) is 5.75 Å². The molecule has 1 amide bonds. The van der Waals surface area contributed by atoms with Crippen molar-refractivity contribution < 1.29 is 22.7 Å². The van der Waals surface area contributed by atoms with E-state index < -0.39 is 10.0 Å². The van der Waals surface area contributed by atoms with E-state index in [0.717, 1.165) is 24.8 Å². The second-order valence-corrected chi connectivity index (χ2v) is 9.64. The van der Waals surface area contributed by atoms with Gasteiger partial charge in [-0.3, -0.25) is 4.79 Å². The molecule has 8 heteroatoms. The second-order valence-electron chi connectivity index (χ2n) is 7.70. The van der Waals surface area contributed by atoms with Gasteiger partial charge in [-0.15, -0.1) is 0 Å². The van der Waals surface area contributed by atoms with E-state index in [1.165, 1.54) is 22.7 Å². The van der Waals surface area contributed by atoms with Crippen molar-refractivity contribution in [2.75, 3.05) is 40.0 Å². The van der Waals surface area contributed by atoms with Gasteiger partial charge in [-0.25, -0.2) is 8.42 Å². The maximum atomic E-state index is 12.9. The lowest BCUT2D eigenvalue weighted by atomic mass is 9.97. The van der Waals surface area contributed by atoms with Gasteiger partial charge in [-0.2, -0.15) is 4.31 Å². The Hall–Kier alpha value is -1.90. The number of morpholine rings is 1. The molecule has 1 aromatic rings. The number of amides is 1. The summed E-state index contributed by atoms with van der Waals surface area (Å²) < 4.78 is 37.9. The zero-order chi connectivity index (χ0) is 21.4. The Morgan fingerprint density at radius 3 is 2.70 bits per heavy atom. The molecule has 1 heterocycles. The predicted molar refractivity (Wildman–Crippen MR) is 115 cm³/mol. The Kier molecular flexibility index (Phi) is 8.30. The summed E-state index contributed by atoms with van der Waals surface area (Å²) in [4.78, 5) is 12.5. The molecule has 1 fully saturated rings. The lowest BCUT2D eigenvalue weighted by Gasteiger charge is -2.26. The highest BCUT2D eigenvalue weighted by Gasteiger charge is 2.27. The van der Waals surface area contributed by atoms with E-state index in [2.05, 4.69) is 11.4 Å². The summed E-state index contributed by atoms with van der Waals surface area (Å²) in [6, 6.07) is 4.85. The number of carbonyl (C=O) groups excluding carboxylic acids is 1. The van der Waals surface area contributed by atoms with Crippen LogP contribution in [0.1, 0.15) is 44.1 Å². The minimum atomic E-state index is -3.58. The second kappa shape index (κ2) is 10.9. The van der Waals surface area contributed by atoms with Crippen LogP contribution in [0.25, 0.3) is 0 Å². The molecule has 1 aliphatic heterocycles. The Bertz CT molecular complexity index is 860. The molecule has 0 unspecified atom stereocenters. The summed E-state index contributed by atoms with van der Waals surface area (Å²) >= 11 is 0. The number of hydrogen-bond donors (Lipinski definition) is 1. The number of benzene rings is 1. The van der Waals surface area contributed by atoms with Crippen LogP contribution in [0.4, 0.5) is 0 Å². The van der Waals surface area contributed by atoms with Gasteiger partial charge >= 0.3 is 0 Å². The molecule has 30 heavy (non-hydrogen) atoms. The van der Waals surface area contributed by atoms with Crippen LogP contribution in [0.15, 0.2) is 34.7 Å². The summed E-state index contributed by atoms with van der Waals surface area (Å²) in [6.07, 6.45) is 8.69. The van der Waals surface area contributed by atoms with Gasteiger partial charge in [0.15, 0.2) is 0 Å². The molecule has 1 N–H and O–H groups in total. The number of rotatable bonds is 9. The summed E-state index contributed by atoms with van der Waals surface area (Å²) in [5, 5.41) is 2.97. The van der Waals surface area contributed by atoms with Gasteiger partial charge in [0, 0.05) is 26.1 Å². The number of methoxy groups -OCH3 is 1. The van der Waals surface area contributed by atoms with Gasteiger partial charge in [0.05, 0.1) is 25.2 Å². The van der Waals surface area contributed by atoms with Crippen LogP contribution in [-0.4, -0.2) is 58.6 Å². The highest BCUT2D eigenvalue weighted by atomic mass is 32.2. The Balaban J connectivity index is 1.58. The lowest BCUT2D eigenvalue weighted by Crippen LogP contribution is -2.40. The molecule has 166 valence electrons. The number of aryl methyl sites for hydroxylation is 1. The molecule has 1 aromatic carbocycles. The monoisotopic (exact) mass is 436 g/mol. The molecule has 0 bridgehead atoms. The highest BCUT2D eigenvalue weighted by molar-refractivity contribution is 7.89. The van der Waals surface area contributed by atoms with Crippen molar-refractivity contribution >= 4 is 15.9 Å². The number of ether oxygens (including phenoxy) is 2. The molecule has 2 aliphatic rings. The number of allylic oxidation sites excluding steroid dienone is 1. The number of sulfonamides is 1. The summed E-state index contributed by atoms with van der Waals surface area (Å²) in [7, 11) is -2.04. The van der Waals surface area contributed by atoms with E-state index in [4.69, 9.17) is 9.47 Å². The van der Waals surface area contributed by atoms with Crippen LogP contribution >= 0.6 is 0 Å². The molecule has 1 aliphatic carbocycles. The molecular formula is C22H32N2O5S. The average Bonchev–Trinajstić information content (AvgIpc) is 2.78. The van der Waals surface area contributed by atoms with Crippen molar-refractivity contribution in [3.05, 3.63) is 35.4 Å². The molecule has 0 atom stereocenters. The molecule has 0 radical (unpaired) electrons. The molecule has 1 saturated heterocycles. The molecule has 7 nitrogen and oxygen atoms in total. The number of nitrogens with one attached hydrogen (secondary N) is 1. The zero-order valence-corrected chi connectivity index (χ0v) is 18.5. The Morgan fingerprint density at radius 1 is 1.20 bits per heavy atom. The molecular weight excluding hydrogens is 404 g/mol. The van der Waals surface area contributed by atoms with Crippen molar-refractivity contribution in [2.45, 2.75) is 49.8 Å². The first-order valence-corrected chi connectivity index (χ1v) is 12.1. The molecule has 0 spiro atoms. The van der Waals surface area contributed by atoms with E-state index in [0.29, 0.717) is 45.0 Å². The van der Waals surface area contributed by atoms with Crippen molar-refractivity contribution in [3.8, 4) is 5.75 Å². The third-order valence-corrected chi connectivity index (χ3v) is 7.53. The van der Waals surface area contributed by atoms with Gasteiger partial charge in [-0.1, -0.05) is 11.6 Å². The van der Waals surface area contributed by atoms with E-state index in [9.17, 15) is 13.2 Å². The van der Waals surface area contributed by atoms with Crippen LogP contribution in [0, 0.1) is 0 Å². The van der Waals surface area contributed by atoms with Gasteiger partial charge < -0.3 is 14.8 Å². The fourth-order valence-corrected chi connectivity index (χ4v) is 5.34. The topological polar surface area (TPSA) is 84.9 Å². The van der Waals surface area contributed by atoms with Crippen LogP contribution < -0.4 is 10.1 Å². The fourth-order valence-electron chi connectivity index (χ4n) is 3.88. The first-order chi connectivity index (χ1) is 14.5. The number of carbonyl (C=O) groups is 1. The van der Waals surface area contributed by atoms with E-state index >= 15 is 0 Å². The smallest absolute Gasteiger partial charge is 0.243 e. The van der Waals surface area contributed by atoms with E-state index in [1.54, 1.807) is 25.3 Å². The molecule has 0 aromatic heterocycles. The Labute approximate surface area is 179 Å². The lowest BCUT2D eigenvalue weighted by molar-refractivity contribution is -0.121.